The molecule has 19 heavy (non-hydrogen) atoms. The van der Waals surface area contributed by atoms with Gasteiger partial charge in [-0.15, -0.1) is 0 Å². The summed E-state index contributed by atoms with van der Waals surface area (Å²) in [6, 6.07) is 0.647. The Kier molecular flexibility index (Phi) is 4.54. The fourth-order valence-corrected chi connectivity index (χ4v) is 3.60. The van der Waals surface area contributed by atoms with Gasteiger partial charge in [-0.1, -0.05) is 0 Å². The second-order valence-electron chi connectivity index (χ2n) is 7.24. The summed E-state index contributed by atoms with van der Waals surface area (Å²) in [5.41, 5.74) is 0.0930. The van der Waals surface area contributed by atoms with Gasteiger partial charge in [0.1, 0.15) is 0 Å². The van der Waals surface area contributed by atoms with Crippen molar-refractivity contribution in [1.82, 2.24) is 9.80 Å². The predicted molar refractivity (Wildman–Crippen MR) is 79.1 cm³/mol. The van der Waals surface area contributed by atoms with Gasteiger partial charge in [-0.05, 0) is 72.4 Å². The molecule has 2 heterocycles. The highest BCUT2D eigenvalue weighted by Gasteiger charge is 2.36. The van der Waals surface area contributed by atoms with Gasteiger partial charge < -0.3 is 9.80 Å². The minimum atomic E-state index is 0.0930. The first-order valence-corrected chi connectivity index (χ1v) is 7.94. The molecular weight excluding hydrogens is 236 g/mol. The fourth-order valence-electron chi connectivity index (χ4n) is 3.60. The van der Waals surface area contributed by atoms with Crippen molar-refractivity contribution in [2.45, 2.75) is 71.4 Å². The molecule has 0 bridgehead atoms. The third-order valence-electron chi connectivity index (χ3n) is 5.04. The van der Waals surface area contributed by atoms with Crippen LogP contribution in [0.4, 0.5) is 0 Å². The molecule has 110 valence electrons. The molecule has 2 aliphatic rings. The Labute approximate surface area is 118 Å². The number of carbonyl (C=O) groups is 1. The average molecular weight is 266 g/mol. The second-order valence-corrected chi connectivity index (χ2v) is 7.24. The molecule has 2 rings (SSSR count). The molecule has 0 N–H and O–H groups in total. The summed E-state index contributed by atoms with van der Waals surface area (Å²) in [5.74, 6) is 1.00. The van der Waals surface area contributed by atoms with E-state index in [-0.39, 0.29) is 5.54 Å². The first-order chi connectivity index (χ1) is 8.90. The molecule has 0 atom stereocenters. The monoisotopic (exact) mass is 266 g/mol. The highest BCUT2D eigenvalue weighted by atomic mass is 16.2. The zero-order chi connectivity index (χ0) is 14.0. The third-order valence-corrected chi connectivity index (χ3v) is 5.04. The molecule has 2 fully saturated rings. The summed E-state index contributed by atoms with van der Waals surface area (Å²) < 4.78 is 0. The van der Waals surface area contributed by atoms with Gasteiger partial charge in [0.25, 0.3) is 0 Å². The Morgan fingerprint density at radius 2 is 1.84 bits per heavy atom. The summed E-state index contributed by atoms with van der Waals surface area (Å²) in [6.45, 7) is 12.2. The van der Waals surface area contributed by atoms with Crippen LogP contribution in [-0.4, -0.2) is 46.9 Å². The maximum absolute atomic E-state index is 12.5. The van der Waals surface area contributed by atoms with E-state index in [9.17, 15) is 4.79 Å². The number of hydrogen-bond acceptors (Lipinski definition) is 2. The van der Waals surface area contributed by atoms with Gasteiger partial charge in [0.05, 0.1) is 0 Å². The third kappa shape index (κ3) is 3.50. The SMILES string of the molecule is CC(C)N1CCC(CC(=O)N2CCCC2(C)C)CC1. The molecule has 1 amide bonds. The highest BCUT2D eigenvalue weighted by molar-refractivity contribution is 5.77. The van der Waals surface area contributed by atoms with Crippen LogP contribution in [0.15, 0.2) is 0 Å². The minimum absolute atomic E-state index is 0.0930. The van der Waals surface area contributed by atoms with Gasteiger partial charge in [-0.25, -0.2) is 0 Å². The van der Waals surface area contributed by atoms with Gasteiger partial charge in [-0.3, -0.25) is 4.79 Å². The second kappa shape index (κ2) is 5.82. The summed E-state index contributed by atoms with van der Waals surface area (Å²) in [7, 11) is 0. The number of hydrogen-bond donors (Lipinski definition) is 0. The Balaban J connectivity index is 1.81. The molecule has 0 aliphatic carbocycles. The molecule has 0 aromatic carbocycles. The lowest BCUT2D eigenvalue weighted by molar-refractivity contribution is -0.135. The van der Waals surface area contributed by atoms with E-state index in [1.165, 1.54) is 32.4 Å². The number of carbonyl (C=O) groups excluding carboxylic acids is 1. The summed E-state index contributed by atoms with van der Waals surface area (Å²) in [5, 5.41) is 0. The standard InChI is InChI=1S/C16H30N2O/c1-13(2)17-10-6-14(7-11-17)12-15(19)18-9-5-8-16(18,3)4/h13-14H,5-12H2,1-4H3. The van der Waals surface area contributed by atoms with Gasteiger partial charge >= 0.3 is 0 Å². The molecule has 0 radical (unpaired) electrons. The number of likely N-dealkylation sites (tertiary alicyclic amines) is 2. The molecule has 0 spiro atoms. The lowest BCUT2D eigenvalue weighted by Crippen LogP contribution is -2.44. The molecule has 0 aromatic rings. The topological polar surface area (TPSA) is 23.6 Å². The average Bonchev–Trinajstić information content (AvgIpc) is 2.69. The van der Waals surface area contributed by atoms with Crippen molar-refractivity contribution in [3.8, 4) is 0 Å². The smallest absolute Gasteiger partial charge is 0.223 e. The van der Waals surface area contributed by atoms with Crippen molar-refractivity contribution >= 4 is 5.91 Å². The van der Waals surface area contributed by atoms with Crippen molar-refractivity contribution < 1.29 is 4.79 Å². The summed E-state index contributed by atoms with van der Waals surface area (Å²) >= 11 is 0. The molecular formula is C16H30N2O. The Morgan fingerprint density at radius 1 is 1.21 bits per heavy atom. The van der Waals surface area contributed by atoms with Gasteiger partial charge in [0, 0.05) is 24.5 Å². The van der Waals surface area contributed by atoms with Crippen LogP contribution >= 0.6 is 0 Å². The van der Waals surface area contributed by atoms with Crippen molar-refractivity contribution in [2.24, 2.45) is 5.92 Å². The maximum atomic E-state index is 12.5. The summed E-state index contributed by atoms with van der Waals surface area (Å²) in [4.78, 5) is 17.1. The van der Waals surface area contributed by atoms with Crippen LogP contribution in [-0.2, 0) is 4.79 Å². The number of piperidine rings is 1. The van der Waals surface area contributed by atoms with Crippen molar-refractivity contribution in [2.75, 3.05) is 19.6 Å². The maximum Gasteiger partial charge on any atom is 0.223 e. The fraction of sp³-hybridized carbons (Fsp3) is 0.938. The van der Waals surface area contributed by atoms with E-state index < -0.39 is 0 Å². The molecule has 0 unspecified atom stereocenters. The lowest BCUT2D eigenvalue weighted by Gasteiger charge is -2.36. The molecule has 3 nitrogen and oxygen atoms in total. The molecule has 2 aliphatic heterocycles. The van der Waals surface area contributed by atoms with Crippen LogP contribution in [0, 0.1) is 5.92 Å². The molecule has 2 saturated heterocycles. The van der Waals surface area contributed by atoms with E-state index in [4.69, 9.17) is 0 Å². The zero-order valence-electron chi connectivity index (χ0n) is 13.1. The van der Waals surface area contributed by atoms with E-state index in [1.54, 1.807) is 0 Å². The van der Waals surface area contributed by atoms with Gasteiger partial charge in [0.15, 0.2) is 0 Å². The van der Waals surface area contributed by atoms with E-state index >= 15 is 0 Å². The minimum Gasteiger partial charge on any atom is -0.338 e. The molecule has 0 saturated carbocycles. The highest BCUT2D eigenvalue weighted by Crippen LogP contribution is 2.31. The van der Waals surface area contributed by atoms with Gasteiger partial charge in [0.2, 0.25) is 5.91 Å². The van der Waals surface area contributed by atoms with Crippen LogP contribution in [0.1, 0.15) is 59.8 Å². The lowest BCUT2D eigenvalue weighted by atomic mass is 9.91. The van der Waals surface area contributed by atoms with Crippen molar-refractivity contribution in [1.29, 1.82) is 0 Å². The Bertz CT molecular complexity index is 317. The van der Waals surface area contributed by atoms with Crippen LogP contribution in [0.5, 0.6) is 0 Å². The van der Waals surface area contributed by atoms with E-state index in [0.29, 0.717) is 17.9 Å². The van der Waals surface area contributed by atoms with Gasteiger partial charge in [-0.2, -0.15) is 0 Å². The summed E-state index contributed by atoms with van der Waals surface area (Å²) in [6.07, 6.45) is 5.49. The van der Waals surface area contributed by atoms with E-state index in [0.717, 1.165) is 19.4 Å². The largest absolute Gasteiger partial charge is 0.338 e. The quantitative estimate of drug-likeness (QED) is 0.784. The Hall–Kier alpha value is -0.570. The van der Waals surface area contributed by atoms with E-state index in [2.05, 4.69) is 37.5 Å². The first kappa shape index (κ1) is 14.8. The van der Waals surface area contributed by atoms with Crippen LogP contribution in [0.3, 0.4) is 0 Å². The van der Waals surface area contributed by atoms with Crippen LogP contribution in [0.25, 0.3) is 0 Å². The molecule has 0 aromatic heterocycles. The number of rotatable bonds is 3. The van der Waals surface area contributed by atoms with Crippen LogP contribution < -0.4 is 0 Å². The first-order valence-electron chi connectivity index (χ1n) is 7.94. The zero-order valence-corrected chi connectivity index (χ0v) is 13.1. The molecule has 3 heteroatoms. The van der Waals surface area contributed by atoms with Crippen molar-refractivity contribution in [3.05, 3.63) is 0 Å². The normalized spacial score (nSPS) is 25.2. The van der Waals surface area contributed by atoms with E-state index in [1.807, 2.05) is 0 Å². The van der Waals surface area contributed by atoms with Crippen LogP contribution in [0.2, 0.25) is 0 Å². The Morgan fingerprint density at radius 3 is 2.32 bits per heavy atom. The number of nitrogens with zero attached hydrogens (tertiary/aromatic N) is 2. The number of amides is 1. The predicted octanol–water partition coefficient (Wildman–Crippen LogP) is 2.90. The van der Waals surface area contributed by atoms with Crippen molar-refractivity contribution in [3.63, 3.8) is 0 Å².